The van der Waals surface area contributed by atoms with Crippen LogP contribution in [0.1, 0.15) is 0 Å². The Hall–Kier alpha value is -0.0669. The number of hydrogen-bond acceptors (Lipinski definition) is 0. The molecule has 18 heavy (non-hydrogen) atoms. The molecule has 3 aromatic carbocycles. The van der Waals surface area contributed by atoms with E-state index in [2.05, 4.69) is 12.1 Å². The molecule has 0 saturated carbocycles. The van der Waals surface area contributed by atoms with Gasteiger partial charge in [0.05, 0.1) is 0 Å². The maximum absolute atomic E-state index is 5.78. The summed E-state index contributed by atoms with van der Waals surface area (Å²) in [5, 5.41) is 3.25. The van der Waals surface area contributed by atoms with Crippen LogP contribution in [0.4, 0.5) is 0 Å². The van der Waals surface area contributed by atoms with Crippen molar-refractivity contribution in [3.8, 4) is 0 Å². The van der Waals surface area contributed by atoms with E-state index in [0.717, 1.165) is 5.02 Å². The molecule has 0 aliphatic carbocycles. The van der Waals surface area contributed by atoms with Crippen LogP contribution in [0.25, 0.3) is 10.8 Å². The molecule has 0 saturated heterocycles. The fraction of sp³-hybridized carbons (Fsp3) is 0. The second-order valence-electron chi connectivity index (χ2n) is 3.26. The molecule has 0 aliphatic rings. The van der Waals surface area contributed by atoms with E-state index < -0.39 is 0 Å². The monoisotopic (exact) mass is 374 g/mol. The number of hydrogen-bond donors (Lipinski definition) is 0. The third kappa shape index (κ3) is 6.20. The van der Waals surface area contributed by atoms with Crippen molar-refractivity contribution in [1.29, 1.82) is 0 Å². The average molecular weight is 377 g/mol. The van der Waals surface area contributed by atoms with Crippen LogP contribution in [0.5, 0.6) is 0 Å². The summed E-state index contributed by atoms with van der Waals surface area (Å²) in [6.45, 7) is 0. The van der Waals surface area contributed by atoms with Crippen LogP contribution in [0, 0.1) is 0 Å². The Kier molecular flexibility index (Phi) is 12.2. The molecular weight excluding hydrogens is 366 g/mol. The van der Waals surface area contributed by atoms with Crippen molar-refractivity contribution in [3.63, 3.8) is 0 Å². The number of benzene rings is 1. The number of fused-ring (bicyclic) bond motifs is 1. The Bertz CT molecular complexity index is 464. The number of rotatable bonds is 0. The molecule has 0 aliphatic heterocycles. The summed E-state index contributed by atoms with van der Waals surface area (Å²) < 4.78 is 0. The van der Waals surface area contributed by atoms with E-state index in [1.807, 2.05) is 54.6 Å². The van der Waals surface area contributed by atoms with Gasteiger partial charge in [-0.05, 0) is 5.02 Å². The van der Waals surface area contributed by atoms with E-state index in [-0.39, 0.29) is 51.0 Å². The first-order valence-electron chi connectivity index (χ1n) is 4.84. The predicted octanol–water partition coefficient (Wildman–Crippen LogP) is -1.38. The first-order chi connectivity index (χ1) is 7.36. The molecule has 0 atom stereocenters. The molecule has 3 aromatic rings. The van der Waals surface area contributed by atoms with Gasteiger partial charge in [0.1, 0.15) is 0 Å². The van der Waals surface area contributed by atoms with Gasteiger partial charge in [-0.15, -0.1) is 52.7 Å². The van der Waals surface area contributed by atoms with Gasteiger partial charge in [-0.3, -0.25) is 0 Å². The summed E-state index contributed by atoms with van der Waals surface area (Å²) in [6, 6.07) is 22.1. The van der Waals surface area contributed by atoms with Gasteiger partial charge in [0.25, 0.3) is 0 Å². The minimum Gasteiger partial charge on any atom is -1.00 e. The summed E-state index contributed by atoms with van der Waals surface area (Å²) >= 11 is 5.78. The van der Waals surface area contributed by atoms with Gasteiger partial charge in [-0.1, -0.05) is 6.07 Å². The second-order valence-corrected chi connectivity index (χ2v) is 3.70. The minimum absolute atomic E-state index is 0. The summed E-state index contributed by atoms with van der Waals surface area (Å²) in [6.07, 6.45) is 0. The molecule has 3 rings (SSSR count). The Morgan fingerprint density at radius 2 is 1.50 bits per heavy atom. The van der Waals surface area contributed by atoms with Gasteiger partial charge in [-0.2, -0.15) is 18.2 Å². The van der Waals surface area contributed by atoms with Crippen molar-refractivity contribution < 1.29 is 51.0 Å². The number of halogens is 3. The Morgan fingerprint density at radius 1 is 0.889 bits per heavy atom. The fourth-order valence-electron chi connectivity index (χ4n) is 1.43. The van der Waals surface area contributed by atoms with Crippen molar-refractivity contribution in [2.24, 2.45) is 0 Å². The molecule has 0 amide bonds. The second kappa shape index (κ2) is 10.8. The molecule has 0 bridgehead atoms. The van der Waals surface area contributed by atoms with Crippen molar-refractivity contribution in [1.82, 2.24) is 0 Å². The Labute approximate surface area is 144 Å². The molecule has 0 fully saturated rings. The van der Waals surface area contributed by atoms with Crippen molar-refractivity contribution in [2.45, 2.75) is 0 Å². The molecule has 4 heteroatoms. The van der Waals surface area contributed by atoms with Crippen LogP contribution in [0.15, 0.2) is 66.7 Å². The van der Waals surface area contributed by atoms with Gasteiger partial charge in [0.2, 0.25) is 0 Å². The molecule has 0 N–H and O–H groups in total. The topological polar surface area (TPSA) is 0 Å². The smallest absolute Gasteiger partial charge is 1.00 e. The Balaban J connectivity index is 0. The summed E-state index contributed by atoms with van der Waals surface area (Å²) in [7, 11) is 0. The van der Waals surface area contributed by atoms with Crippen LogP contribution < -0.4 is 24.8 Å². The van der Waals surface area contributed by atoms with E-state index >= 15 is 0 Å². The first kappa shape index (κ1) is 20.3. The quantitative estimate of drug-likeness (QED) is 0.424. The third-order valence-electron chi connectivity index (χ3n) is 2.14. The molecule has 0 spiro atoms. The molecule has 0 nitrogen and oxygen atoms in total. The molecule has 0 unspecified atom stereocenters. The molecular formula is C14H11Cl3Zr. The van der Waals surface area contributed by atoms with Crippen LogP contribution in [-0.2, 0) is 26.2 Å². The van der Waals surface area contributed by atoms with Gasteiger partial charge in [-0.25, -0.2) is 12.1 Å². The summed E-state index contributed by atoms with van der Waals surface area (Å²) in [5.41, 5.74) is 0. The Morgan fingerprint density at radius 3 is 2.00 bits per heavy atom. The first-order valence-corrected chi connectivity index (χ1v) is 5.22. The van der Waals surface area contributed by atoms with Crippen LogP contribution in [0.2, 0.25) is 5.02 Å². The molecule has 92 valence electrons. The largest absolute Gasteiger partial charge is 4.00 e. The van der Waals surface area contributed by atoms with Crippen molar-refractivity contribution >= 4 is 22.4 Å². The SMILES string of the molecule is Clc1cc2ccccc2[cH-]1.[Cl-].[Cl-].[Zr+4].c1cc[cH-]c1. The molecule has 0 radical (unpaired) electrons. The average Bonchev–Trinajstić information content (AvgIpc) is 2.87. The van der Waals surface area contributed by atoms with Crippen LogP contribution in [-0.4, -0.2) is 0 Å². The summed E-state index contributed by atoms with van der Waals surface area (Å²) in [4.78, 5) is 0. The van der Waals surface area contributed by atoms with Crippen molar-refractivity contribution in [3.05, 3.63) is 71.8 Å². The standard InChI is InChI=1S/C9H6Cl.C5H5.2ClH.Zr/c10-9-5-7-3-1-2-4-8(7)6-9;1-2-4-5-3-1;;;/h1-6H;1-5H;2*1H;/q2*-1;;;+4/p-2. The molecule has 0 heterocycles. The van der Waals surface area contributed by atoms with Gasteiger partial charge in [0, 0.05) is 0 Å². The van der Waals surface area contributed by atoms with Crippen LogP contribution >= 0.6 is 11.6 Å². The third-order valence-corrected chi connectivity index (χ3v) is 2.36. The van der Waals surface area contributed by atoms with E-state index in [9.17, 15) is 0 Å². The van der Waals surface area contributed by atoms with Gasteiger partial charge < -0.3 is 24.8 Å². The van der Waals surface area contributed by atoms with E-state index in [1.165, 1.54) is 10.8 Å². The molecule has 0 aromatic heterocycles. The zero-order chi connectivity index (χ0) is 10.5. The maximum atomic E-state index is 5.78. The van der Waals surface area contributed by atoms with E-state index in [1.54, 1.807) is 0 Å². The van der Waals surface area contributed by atoms with Gasteiger partial charge in [0.15, 0.2) is 0 Å². The van der Waals surface area contributed by atoms with Gasteiger partial charge >= 0.3 is 26.2 Å². The van der Waals surface area contributed by atoms with Crippen molar-refractivity contribution in [2.75, 3.05) is 0 Å². The minimum atomic E-state index is 0. The van der Waals surface area contributed by atoms with E-state index in [4.69, 9.17) is 11.6 Å². The zero-order valence-electron chi connectivity index (χ0n) is 9.48. The van der Waals surface area contributed by atoms with E-state index in [0.29, 0.717) is 0 Å². The zero-order valence-corrected chi connectivity index (χ0v) is 14.2. The summed E-state index contributed by atoms with van der Waals surface area (Å²) in [5.74, 6) is 0. The normalized spacial score (nSPS) is 8.06. The predicted molar refractivity (Wildman–Crippen MR) is 66.6 cm³/mol. The van der Waals surface area contributed by atoms with Crippen LogP contribution in [0.3, 0.4) is 0 Å². The fourth-order valence-corrected chi connectivity index (χ4v) is 1.67. The maximum Gasteiger partial charge on any atom is 4.00 e.